The molecule has 0 radical (unpaired) electrons. The van der Waals surface area contributed by atoms with Gasteiger partial charge in [-0.3, -0.25) is 0 Å². The van der Waals surface area contributed by atoms with Crippen molar-refractivity contribution in [3.05, 3.63) is 23.7 Å². The highest BCUT2D eigenvalue weighted by molar-refractivity contribution is 5.72. The Labute approximate surface area is 101 Å². The molecule has 4 nitrogen and oxygen atoms in total. The highest BCUT2D eigenvalue weighted by Gasteiger charge is 2.29. The maximum atomic E-state index is 5.64. The van der Waals surface area contributed by atoms with Crippen molar-refractivity contribution in [2.75, 3.05) is 0 Å². The van der Waals surface area contributed by atoms with Crippen LogP contribution in [0.15, 0.2) is 12.3 Å². The zero-order chi connectivity index (χ0) is 12.0. The van der Waals surface area contributed by atoms with Crippen LogP contribution >= 0.6 is 0 Å². The molecule has 90 valence electrons. The lowest BCUT2D eigenvalue weighted by Crippen LogP contribution is -2.04. The number of nitrogens with zero attached hydrogens (tertiary/aromatic N) is 3. The van der Waals surface area contributed by atoms with E-state index in [9.17, 15) is 0 Å². The van der Waals surface area contributed by atoms with E-state index in [-0.39, 0.29) is 0 Å². The molecule has 1 aliphatic rings. The number of hydrogen-bond acceptors (Lipinski definition) is 3. The van der Waals surface area contributed by atoms with Gasteiger partial charge in [-0.25, -0.2) is 9.97 Å². The third-order valence-corrected chi connectivity index (χ3v) is 3.28. The van der Waals surface area contributed by atoms with E-state index in [0.29, 0.717) is 18.5 Å². The Hall–Kier alpha value is -1.42. The summed E-state index contributed by atoms with van der Waals surface area (Å²) < 4.78 is 2.32. The van der Waals surface area contributed by atoms with Gasteiger partial charge < -0.3 is 10.3 Å². The number of pyridine rings is 1. The minimum Gasteiger partial charge on any atom is -0.326 e. The van der Waals surface area contributed by atoms with Crippen molar-refractivity contribution >= 4 is 11.2 Å². The summed E-state index contributed by atoms with van der Waals surface area (Å²) in [7, 11) is 0. The largest absolute Gasteiger partial charge is 0.326 e. The van der Waals surface area contributed by atoms with Crippen LogP contribution in [0, 0.1) is 0 Å². The van der Waals surface area contributed by atoms with Gasteiger partial charge in [-0.1, -0.05) is 13.8 Å². The molecule has 0 amide bonds. The van der Waals surface area contributed by atoms with Crippen LogP contribution in [0.25, 0.3) is 11.2 Å². The van der Waals surface area contributed by atoms with Crippen molar-refractivity contribution in [2.45, 2.75) is 45.2 Å². The minimum absolute atomic E-state index is 0.436. The molecule has 4 heteroatoms. The molecule has 0 aromatic carbocycles. The highest BCUT2D eigenvalue weighted by Crippen LogP contribution is 2.39. The average Bonchev–Trinajstić information content (AvgIpc) is 3.08. The van der Waals surface area contributed by atoms with Gasteiger partial charge in [0.25, 0.3) is 0 Å². The first-order valence-corrected chi connectivity index (χ1v) is 6.27. The Morgan fingerprint density at radius 2 is 2.24 bits per heavy atom. The molecule has 2 N–H and O–H groups in total. The molecule has 1 fully saturated rings. The molecule has 0 aliphatic heterocycles. The SMILES string of the molecule is CC(C)c1nc2cc(CN)cnc2n1C1CC1. The third-order valence-electron chi connectivity index (χ3n) is 3.28. The Morgan fingerprint density at radius 3 is 2.82 bits per heavy atom. The summed E-state index contributed by atoms with van der Waals surface area (Å²) >= 11 is 0. The summed E-state index contributed by atoms with van der Waals surface area (Å²) in [5.74, 6) is 1.59. The lowest BCUT2D eigenvalue weighted by molar-refractivity contribution is 0.650. The van der Waals surface area contributed by atoms with Crippen LogP contribution in [-0.2, 0) is 6.54 Å². The van der Waals surface area contributed by atoms with Gasteiger partial charge in [0, 0.05) is 24.7 Å². The number of fused-ring (bicyclic) bond motifs is 1. The van der Waals surface area contributed by atoms with Gasteiger partial charge in [0.05, 0.1) is 0 Å². The van der Waals surface area contributed by atoms with Crippen LogP contribution in [-0.4, -0.2) is 14.5 Å². The fourth-order valence-electron chi connectivity index (χ4n) is 2.25. The van der Waals surface area contributed by atoms with E-state index in [1.165, 1.54) is 12.8 Å². The fourth-order valence-corrected chi connectivity index (χ4v) is 2.25. The molecule has 0 spiro atoms. The quantitative estimate of drug-likeness (QED) is 0.880. The number of nitrogens with two attached hydrogens (primary N) is 1. The summed E-state index contributed by atoms with van der Waals surface area (Å²) in [6, 6.07) is 2.68. The maximum absolute atomic E-state index is 5.64. The Morgan fingerprint density at radius 1 is 1.47 bits per heavy atom. The number of imidazole rings is 1. The molecule has 1 aliphatic carbocycles. The van der Waals surface area contributed by atoms with Crippen LogP contribution in [0.3, 0.4) is 0 Å². The van der Waals surface area contributed by atoms with E-state index in [2.05, 4.69) is 29.5 Å². The maximum Gasteiger partial charge on any atom is 0.160 e. The molecule has 0 saturated heterocycles. The number of rotatable bonds is 3. The Bertz CT molecular complexity index is 552. The minimum atomic E-state index is 0.436. The molecule has 3 rings (SSSR count). The highest BCUT2D eigenvalue weighted by atomic mass is 15.2. The number of hydrogen-bond donors (Lipinski definition) is 1. The molecule has 2 aromatic heterocycles. The van der Waals surface area contributed by atoms with Gasteiger partial charge in [0.15, 0.2) is 5.65 Å². The third kappa shape index (κ3) is 1.72. The van der Waals surface area contributed by atoms with Crippen molar-refractivity contribution < 1.29 is 0 Å². The van der Waals surface area contributed by atoms with E-state index >= 15 is 0 Å². The lowest BCUT2D eigenvalue weighted by Gasteiger charge is -2.09. The van der Waals surface area contributed by atoms with E-state index in [0.717, 1.165) is 22.6 Å². The zero-order valence-electron chi connectivity index (χ0n) is 10.3. The normalized spacial score (nSPS) is 16.0. The molecule has 1 saturated carbocycles. The molecule has 0 atom stereocenters. The van der Waals surface area contributed by atoms with Crippen molar-refractivity contribution in [2.24, 2.45) is 5.73 Å². The van der Waals surface area contributed by atoms with E-state index in [1.54, 1.807) is 0 Å². The van der Waals surface area contributed by atoms with Crippen LogP contribution in [0.2, 0.25) is 0 Å². The smallest absolute Gasteiger partial charge is 0.160 e. The first kappa shape index (κ1) is 10.7. The molecular weight excluding hydrogens is 212 g/mol. The fraction of sp³-hybridized carbons (Fsp3) is 0.538. The molecule has 0 unspecified atom stereocenters. The summed E-state index contributed by atoms with van der Waals surface area (Å²) in [5.41, 5.74) is 8.70. The predicted molar refractivity (Wildman–Crippen MR) is 67.8 cm³/mol. The first-order valence-electron chi connectivity index (χ1n) is 6.27. The van der Waals surface area contributed by atoms with Gasteiger partial charge in [0.2, 0.25) is 0 Å². The second-order valence-corrected chi connectivity index (χ2v) is 5.12. The van der Waals surface area contributed by atoms with Gasteiger partial charge in [-0.15, -0.1) is 0 Å². The molecule has 0 bridgehead atoms. The van der Waals surface area contributed by atoms with Crippen molar-refractivity contribution in [3.63, 3.8) is 0 Å². The summed E-state index contributed by atoms with van der Waals surface area (Å²) in [6.07, 6.45) is 4.38. The van der Waals surface area contributed by atoms with Crippen LogP contribution < -0.4 is 5.73 Å². The van der Waals surface area contributed by atoms with Crippen molar-refractivity contribution in [3.8, 4) is 0 Å². The first-order chi connectivity index (χ1) is 8.20. The van der Waals surface area contributed by atoms with E-state index in [1.807, 2.05) is 6.20 Å². The number of aromatic nitrogens is 3. The summed E-state index contributed by atoms with van der Waals surface area (Å²) in [6.45, 7) is 4.89. The summed E-state index contributed by atoms with van der Waals surface area (Å²) in [4.78, 5) is 9.26. The standard InChI is InChI=1S/C13H18N4/c1-8(2)12-16-11-5-9(6-14)7-15-13(11)17(12)10-3-4-10/h5,7-8,10H,3-4,6,14H2,1-2H3. The zero-order valence-corrected chi connectivity index (χ0v) is 10.3. The van der Waals surface area contributed by atoms with Crippen LogP contribution in [0.5, 0.6) is 0 Å². The van der Waals surface area contributed by atoms with Crippen LogP contribution in [0.4, 0.5) is 0 Å². The van der Waals surface area contributed by atoms with Crippen molar-refractivity contribution in [1.29, 1.82) is 0 Å². The molecule has 2 aromatic rings. The second kappa shape index (κ2) is 3.81. The monoisotopic (exact) mass is 230 g/mol. The molecular formula is C13H18N4. The second-order valence-electron chi connectivity index (χ2n) is 5.12. The average molecular weight is 230 g/mol. The lowest BCUT2D eigenvalue weighted by atomic mass is 10.2. The van der Waals surface area contributed by atoms with Gasteiger partial charge in [-0.2, -0.15) is 0 Å². The predicted octanol–water partition coefficient (Wildman–Crippen LogP) is 2.35. The van der Waals surface area contributed by atoms with E-state index < -0.39 is 0 Å². The van der Waals surface area contributed by atoms with Gasteiger partial charge in [0.1, 0.15) is 11.3 Å². The van der Waals surface area contributed by atoms with Gasteiger partial charge in [-0.05, 0) is 24.5 Å². The summed E-state index contributed by atoms with van der Waals surface area (Å²) in [5, 5.41) is 0. The van der Waals surface area contributed by atoms with Crippen LogP contribution in [0.1, 0.15) is 50.0 Å². The topological polar surface area (TPSA) is 56.7 Å². The molecule has 17 heavy (non-hydrogen) atoms. The molecule has 2 heterocycles. The van der Waals surface area contributed by atoms with Crippen molar-refractivity contribution in [1.82, 2.24) is 14.5 Å². The van der Waals surface area contributed by atoms with Gasteiger partial charge >= 0.3 is 0 Å². The Balaban J connectivity index is 2.22. The van der Waals surface area contributed by atoms with E-state index in [4.69, 9.17) is 10.7 Å². The Kier molecular flexibility index (Phi) is 2.40.